The van der Waals surface area contributed by atoms with Gasteiger partial charge in [0.25, 0.3) is 0 Å². The Bertz CT molecular complexity index is 562. The summed E-state index contributed by atoms with van der Waals surface area (Å²) in [7, 11) is 0. The number of esters is 1. The van der Waals surface area contributed by atoms with Crippen molar-refractivity contribution in [3.63, 3.8) is 0 Å². The second-order valence-corrected chi connectivity index (χ2v) is 7.27. The minimum absolute atomic E-state index is 0.189. The Morgan fingerprint density at radius 2 is 1.54 bits per heavy atom. The van der Waals surface area contributed by atoms with Crippen LogP contribution >= 0.6 is 0 Å². The van der Waals surface area contributed by atoms with Crippen molar-refractivity contribution < 1.29 is 19.1 Å². The fourth-order valence-electron chi connectivity index (χ4n) is 2.40. The quantitative estimate of drug-likeness (QED) is 0.566. The number of hydrogen-bond acceptors (Lipinski definition) is 4. The van der Waals surface area contributed by atoms with E-state index in [1.165, 1.54) is 5.56 Å². The lowest BCUT2D eigenvalue weighted by Crippen LogP contribution is -2.35. The highest BCUT2D eigenvalue weighted by Gasteiger charge is 2.24. The van der Waals surface area contributed by atoms with Gasteiger partial charge in [-0.2, -0.15) is 0 Å². The van der Waals surface area contributed by atoms with Gasteiger partial charge in [-0.05, 0) is 44.4 Å². The van der Waals surface area contributed by atoms with E-state index in [2.05, 4.69) is 6.92 Å². The molecule has 0 unspecified atom stereocenters. The molecule has 5 nitrogen and oxygen atoms in total. The molecule has 0 aliphatic heterocycles. The van der Waals surface area contributed by atoms with E-state index in [9.17, 15) is 9.59 Å². The smallest absolute Gasteiger partial charge is 0.409 e. The van der Waals surface area contributed by atoms with Crippen LogP contribution in [0.1, 0.15) is 63.4 Å². The Labute approximate surface area is 157 Å². The van der Waals surface area contributed by atoms with Crippen LogP contribution in [-0.4, -0.2) is 43.3 Å². The highest BCUT2D eigenvalue weighted by molar-refractivity contribution is 5.89. The Balaban J connectivity index is 2.48. The molecule has 0 saturated carbocycles. The number of unbranched alkanes of at least 4 members (excludes halogenated alkanes) is 1. The van der Waals surface area contributed by atoms with Crippen molar-refractivity contribution in [2.45, 2.75) is 53.9 Å². The fourth-order valence-corrected chi connectivity index (χ4v) is 2.40. The van der Waals surface area contributed by atoms with Gasteiger partial charge in [0.15, 0.2) is 0 Å². The minimum Gasteiger partial charge on any atom is -0.461 e. The molecule has 26 heavy (non-hydrogen) atoms. The molecule has 0 saturated heterocycles. The van der Waals surface area contributed by atoms with Gasteiger partial charge < -0.3 is 14.4 Å². The first-order valence-corrected chi connectivity index (χ1v) is 9.50. The number of amides is 1. The van der Waals surface area contributed by atoms with Crippen molar-refractivity contribution >= 4 is 12.1 Å². The molecule has 0 radical (unpaired) electrons. The Kier molecular flexibility index (Phi) is 9.17. The van der Waals surface area contributed by atoms with Crippen molar-refractivity contribution in [3.05, 3.63) is 35.4 Å². The van der Waals surface area contributed by atoms with E-state index in [0.29, 0.717) is 18.7 Å². The van der Waals surface area contributed by atoms with Crippen LogP contribution in [0.25, 0.3) is 0 Å². The topological polar surface area (TPSA) is 55.8 Å². The predicted molar refractivity (Wildman–Crippen MR) is 103 cm³/mol. The monoisotopic (exact) mass is 363 g/mol. The first-order valence-electron chi connectivity index (χ1n) is 9.50. The van der Waals surface area contributed by atoms with E-state index in [4.69, 9.17) is 9.47 Å². The molecule has 146 valence electrons. The molecular formula is C21H33NO4. The molecule has 0 fully saturated rings. The maximum absolute atomic E-state index is 12.2. The van der Waals surface area contributed by atoms with Gasteiger partial charge in [-0.15, -0.1) is 0 Å². The van der Waals surface area contributed by atoms with E-state index < -0.39 is 5.41 Å². The summed E-state index contributed by atoms with van der Waals surface area (Å²) in [5.41, 5.74) is 1.33. The van der Waals surface area contributed by atoms with E-state index >= 15 is 0 Å². The lowest BCUT2D eigenvalue weighted by Gasteiger charge is -2.26. The third kappa shape index (κ3) is 7.46. The molecule has 0 N–H and O–H groups in total. The maximum Gasteiger partial charge on any atom is 0.409 e. The van der Waals surface area contributed by atoms with E-state index in [1.54, 1.807) is 17.0 Å². The first-order chi connectivity index (χ1) is 12.3. The summed E-state index contributed by atoms with van der Waals surface area (Å²) in [6.07, 6.45) is 2.98. The van der Waals surface area contributed by atoms with Crippen LogP contribution < -0.4 is 0 Å². The Hall–Kier alpha value is -2.04. The Morgan fingerprint density at radius 3 is 2.08 bits per heavy atom. The van der Waals surface area contributed by atoms with Crippen LogP contribution in [-0.2, 0) is 15.9 Å². The lowest BCUT2D eigenvalue weighted by atomic mass is 9.96. The first kappa shape index (κ1) is 22.0. The van der Waals surface area contributed by atoms with E-state index in [-0.39, 0.29) is 25.3 Å². The molecule has 0 aromatic heterocycles. The van der Waals surface area contributed by atoms with E-state index in [1.807, 2.05) is 39.8 Å². The maximum atomic E-state index is 12.2. The molecule has 0 bridgehead atoms. The number of carbonyl (C=O) groups is 2. The molecule has 1 amide bonds. The molecule has 5 heteroatoms. The number of nitrogens with zero attached hydrogens (tertiary/aromatic N) is 1. The number of rotatable bonds is 10. The van der Waals surface area contributed by atoms with Crippen molar-refractivity contribution in [2.24, 2.45) is 5.41 Å². The van der Waals surface area contributed by atoms with Crippen LogP contribution in [0.4, 0.5) is 4.79 Å². The largest absolute Gasteiger partial charge is 0.461 e. The zero-order valence-electron chi connectivity index (χ0n) is 16.8. The van der Waals surface area contributed by atoms with Gasteiger partial charge in [0, 0.05) is 18.5 Å². The fraction of sp³-hybridized carbons (Fsp3) is 0.619. The zero-order chi connectivity index (χ0) is 19.6. The zero-order valence-corrected chi connectivity index (χ0v) is 16.8. The van der Waals surface area contributed by atoms with Gasteiger partial charge in [0.1, 0.15) is 6.61 Å². The number of aryl methyl sites for hydroxylation is 1. The van der Waals surface area contributed by atoms with Gasteiger partial charge >= 0.3 is 12.1 Å². The molecule has 0 atom stereocenters. The molecular weight excluding hydrogens is 330 g/mol. The lowest BCUT2D eigenvalue weighted by molar-refractivity contribution is 0.0125. The summed E-state index contributed by atoms with van der Waals surface area (Å²) in [5.74, 6) is -0.352. The van der Waals surface area contributed by atoms with Crippen LogP contribution in [0.3, 0.4) is 0 Å². The highest BCUT2D eigenvalue weighted by Crippen LogP contribution is 2.18. The highest BCUT2D eigenvalue weighted by atomic mass is 16.6. The second kappa shape index (κ2) is 10.8. The summed E-state index contributed by atoms with van der Waals surface area (Å²) >= 11 is 0. The summed E-state index contributed by atoms with van der Waals surface area (Å²) < 4.78 is 10.8. The molecule has 1 rings (SSSR count). The third-order valence-electron chi connectivity index (χ3n) is 4.21. The summed E-state index contributed by atoms with van der Waals surface area (Å²) in [6.45, 7) is 11.4. The number of benzene rings is 1. The molecule has 1 aromatic rings. The third-order valence-corrected chi connectivity index (χ3v) is 4.21. The average molecular weight is 363 g/mol. The minimum atomic E-state index is -0.445. The average Bonchev–Trinajstić information content (AvgIpc) is 2.64. The van der Waals surface area contributed by atoms with Crippen LogP contribution in [0.15, 0.2) is 24.3 Å². The van der Waals surface area contributed by atoms with Crippen LogP contribution in [0.2, 0.25) is 0 Å². The van der Waals surface area contributed by atoms with Crippen LogP contribution in [0.5, 0.6) is 0 Å². The number of carbonyl (C=O) groups excluding carboxylic acids is 2. The van der Waals surface area contributed by atoms with Gasteiger partial charge in [-0.25, -0.2) is 9.59 Å². The van der Waals surface area contributed by atoms with Crippen molar-refractivity contribution in [3.8, 4) is 0 Å². The molecule has 0 aliphatic carbocycles. The molecule has 1 aromatic carbocycles. The predicted octanol–water partition coefficient (Wildman–Crippen LogP) is 4.69. The van der Waals surface area contributed by atoms with E-state index in [0.717, 1.165) is 19.3 Å². The van der Waals surface area contributed by atoms with Gasteiger partial charge in [0.2, 0.25) is 0 Å². The van der Waals surface area contributed by atoms with Crippen molar-refractivity contribution in [1.82, 2.24) is 4.90 Å². The molecule has 0 aliphatic rings. The van der Waals surface area contributed by atoms with Crippen LogP contribution in [0, 0.1) is 5.41 Å². The van der Waals surface area contributed by atoms with Gasteiger partial charge in [0.05, 0.1) is 12.2 Å². The standard InChI is InChI=1S/C21H33NO4/c1-6-9-10-17-11-13-18(14-12-17)19(23)25-15-21(4,5)16-26-20(24)22(7-2)8-3/h11-14H,6-10,15-16H2,1-5H3. The number of ether oxygens (including phenoxy) is 2. The van der Waals surface area contributed by atoms with Crippen molar-refractivity contribution in [2.75, 3.05) is 26.3 Å². The number of hydrogen-bond donors (Lipinski definition) is 0. The summed E-state index contributed by atoms with van der Waals surface area (Å²) in [6, 6.07) is 7.56. The molecule has 0 spiro atoms. The summed E-state index contributed by atoms with van der Waals surface area (Å²) in [5, 5.41) is 0. The molecule has 0 heterocycles. The Morgan fingerprint density at radius 1 is 0.962 bits per heavy atom. The van der Waals surface area contributed by atoms with Gasteiger partial charge in [-0.3, -0.25) is 0 Å². The SMILES string of the molecule is CCCCc1ccc(C(=O)OCC(C)(C)COC(=O)N(CC)CC)cc1. The van der Waals surface area contributed by atoms with Crippen molar-refractivity contribution in [1.29, 1.82) is 0 Å². The normalized spacial score (nSPS) is 11.1. The second-order valence-electron chi connectivity index (χ2n) is 7.27. The summed E-state index contributed by atoms with van der Waals surface area (Å²) in [4.78, 5) is 25.7. The van der Waals surface area contributed by atoms with Gasteiger partial charge in [-0.1, -0.05) is 39.3 Å².